The molecule has 1 aromatic carbocycles. The molecule has 2 heterocycles. The zero-order valence-electron chi connectivity index (χ0n) is 13.1. The van der Waals surface area contributed by atoms with Gasteiger partial charge in [0.05, 0.1) is 12.5 Å². The average molecular weight is 312 g/mol. The van der Waals surface area contributed by atoms with Crippen LogP contribution in [0.2, 0.25) is 0 Å². The molecule has 1 saturated heterocycles. The molecule has 1 unspecified atom stereocenters. The number of benzene rings is 1. The number of rotatable bonds is 4. The molecule has 0 aliphatic carbocycles. The van der Waals surface area contributed by atoms with Crippen molar-refractivity contribution in [2.45, 2.75) is 19.9 Å². The summed E-state index contributed by atoms with van der Waals surface area (Å²) in [5, 5.41) is 7.14. The van der Waals surface area contributed by atoms with Crippen molar-refractivity contribution in [2.24, 2.45) is 5.92 Å². The zero-order valence-corrected chi connectivity index (χ0v) is 13.1. The number of nitrogens with one attached hydrogen (secondary N) is 1. The van der Waals surface area contributed by atoms with E-state index in [1.54, 1.807) is 18.0 Å². The molecule has 2 aromatic rings. The minimum atomic E-state index is -0.131. The summed E-state index contributed by atoms with van der Waals surface area (Å²) in [5.41, 5.74) is 1.85. The quantitative estimate of drug-likeness (QED) is 0.935. The van der Waals surface area contributed by atoms with Crippen LogP contribution in [0.1, 0.15) is 18.9 Å². The molecule has 0 spiro atoms. The van der Waals surface area contributed by atoms with Crippen LogP contribution in [0.3, 0.4) is 0 Å². The summed E-state index contributed by atoms with van der Waals surface area (Å²) in [5.74, 6) is -0.125. The van der Waals surface area contributed by atoms with Crippen LogP contribution < -0.4 is 5.32 Å². The number of hydrogen-bond donors (Lipinski definition) is 1. The molecule has 1 fully saturated rings. The fourth-order valence-corrected chi connectivity index (χ4v) is 2.83. The van der Waals surface area contributed by atoms with Gasteiger partial charge in [0, 0.05) is 38.1 Å². The molecular weight excluding hydrogens is 292 g/mol. The van der Waals surface area contributed by atoms with Crippen LogP contribution in [-0.4, -0.2) is 39.6 Å². The average Bonchev–Trinajstić information content (AvgIpc) is 3.18. The Bertz CT molecular complexity index is 696. The molecule has 1 atom stereocenters. The molecule has 120 valence electrons. The highest BCUT2D eigenvalue weighted by molar-refractivity contribution is 5.93. The summed E-state index contributed by atoms with van der Waals surface area (Å²) >= 11 is 0. The summed E-state index contributed by atoms with van der Waals surface area (Å²) in [6.45, 7) is 3.37. The Hall–Kier alpha value is -2.63. The van der Waals surface area contributed by atoms with Gasteiger partial charge in [-0.3, -0.25) is 14.3 Å². The third-order valence-corrected chi connectivity index (χ3v) is 4.10. The van der Waals surface area contributed by atoms with E-state index in [1.807, 2.05) is 41.2 Å². The fraction of sp³-hybridized carbons (Fsp3) is 0.353. The van der Waals surface area contributed by atoms with Gasteiger partial charge in [0.2, 0.25) is 11.8 Å². The lowest BCUT2D eigenvalue weighted by molar-refractivity contribution is -0.128. The van der Waals surface area contributed by atoms with Crippen LogP contribution in [0.25, 0.3) is 0 Å². The van der Waals surface area contributed by atoms with E-state index in [-0.39, 0.29) is 17.7 Å². The maximum absolute atomic E-state index is 12.3. The van der Waals surface area contributed by atoms with Crippen molar-refractivity contribution in [2.75, 3.05) is 18.4 Å². The molecule has 0 bridgehead atoms. The molecule has 23 heavy (non-hydrogen) atoms. The molecule has 1 aliphatic rings. The van der Waals surface area contributed by atoms with Crippen LogP contribution >= 0.6 is 0 Å². The second kappa shape index (κ2) is 6.64. The molecule has 2 amide bonds. The molecule has 0 radical (unpaired) electrons. The van der Waals surface area contributed by atoms with E-state index in [2.05, 4.69) is 10.4 Å². The smallest absolute Gasteiger partial charge is 0.229 e. The predicted molar refractivity (Wildman–Crippen MR) is 86.8 cm³/mol. The molecule has 1 N–H and O–H groups in total. The minimum Gasteiger partial charge on any atom is -0.342 e. The van der Waals surface area contributed by atoms with Crippen molar-refractivity contribution >= 4 is 17.5 Å². The van der Waals surface area contributed by atoms with E-state index < -0.39 is 0 Å². The van der Waals surface area contributed by atoms with Gasteiger partial charge >= 0.3 is 0 Å². The van der Waals surface area contributed by atoms with Gasteiger partial charge in [-0.25, -0.2) is 0 Å². The Labute approximate surface area is 135 Å². The first-order valence-electron chi connectivity index (χ1n) is 7.74. The standard InChI is InChI=1S/C17H20N4O2/c1-13(22)20-9-6-15(12-20)17(23)19-16-5-2-4-14(10-16)11-21-8-3-7-18-21/h2-5,7-8,10,15H,6,9,11-12H2,1H3,(H,19,23). The lowest BCUT2D eigenvalue weighted by atomic mass is 10.1. The third kappa shape index (κ3) is 3.77. The van der Waals surface area contributed by atoms with E-state index >= 15 is 0 Å². The van der Waals surface area contributed by atoms with Crippen molar-refractivity contribution in [3.63, 3.8) is 0 Å². The first-order valence-corrected chi connectivity index (χ1v) is 7.74. The van der Waals surface area contributed by atoms with Gasteiger partial charge < -0.3 is 10.2 Å². The highest BCUT2D eigenvalue weighted by Crippen LogP contribution is 2.19. The number of carbonyl (C=O) groups is 2. The number of anilines is 1. The van der Waals surface area contributed by atoms with Gasteiger partial charge in [0.25, 0.3) is 0 Å². The number of nitrogens with zero attached hydrogens (tertiary/aromatic N) is 3. The van der Waals surface area contributed by atoms with Crippen molar-refractivity contribution in [1.82, 2.24) is 14.7 Å². The normalized spacial score (nSPS) is 17.3. The molecular formula is C17H20N4O2. The fourth-order valence-electron chi connectivity index (χ4n) is 2.83. The number of amides is 2. The van der Waals surface area contributed by atoms with Gasteiger partial charge in [-0.1, -0.05) is 12.1 Å². The third-order valence-electron chi connectivity index (χ3n) is 4.10. The van der Waals surface area contributed by atoms with Gasteiger partial charge in [-0.2, -0.15) is 5.10 Å². The first kappa shape index (κ1) is 15.3. The second-order valence-electron chi connectivity index (χ2n) is 5.84. The van der Waals surface area contributed by atoms with Crippen molar-refractivity contribution in [3.05, 3.63) is 48.3 Å². The number of carbonyl (C=O) groups excluding carboxylic acids is 2. The first-order chi connectivity index (χ1) is 11.1. The van der Waals surface area contributed by atoms with Gasteiger partial charge in [-0.15, -0.1) is 0 Å². The van der Waals surface area contributed by atoms with Crippen molar-refractivity contribution < 1.29 is 9.59 Å². The van der Waals surface area contributed by atoms with Crippen LogP contribution in [0, 0.1) is 5.92 Å². The number of likely N-dealkylation sites (tertiary alicyclic amines) is 1. The SMILES string of the molecule is CC(=O)N1CCC(C(=O)Nc2cccc(Cn3cccn3)c2)C1. The summed E-state index contributed by atoms with van der Waals surface area (Å²) in [7, 11) is 0. The Morgan fingerprint density at radius 3 is 2.91 bits per heavy atom. The second-order valence-corrected chi connectivity index (χ2v) is 5.84. The number of aromatic nitrogens is 2. The largest absolute Gasteiger partial charge is 0.342 e. The Morgan fingerprint density at radius 1 is 1.35 bits per heavy atom. The summed E-state index contributed by atoms with van der Waals surface area (Å²) in [6, 6.07) is 9.64. The Morgan fingerprint density at radius 2 is 2.22 bits per heavy atom. The van der Waals surface area contributed by atoms with Crippen LogP contribution in [0.15, 0.2) is 42.7 Å². The molecule has 6 nitrogen and oxygen atoms in total. The molecule has 1 aliphatic heterocycles. The molecule has 6 heteroatoms. The highest BCUT2D eigenvalue weighted by Gasteiger charge is 2.29. The van der Waals surface area contributed by atoms with Crippen LogP contribution in [0.4, 0.5) is 5.69 Å². The minimum absolute atomic E-state index is 0.0232. The lowest BCUT2D eigenvalue weighted by Gasteiger charge is -2.14. The number of hydrogen-bond acceptors (Lipinski definition) is 3. The van der Waals surface area contributed by atoms with E-state index in [4.69, 9.17) is 0 Å². The maximum Gasteiger partial charge on any atom is 0.229 e. The maximum atomic E-state index is 12.3. The highest BCUT2D eigenvalue weighted by atomic mass is 16.2. The van der Waals surface area contributed by atoms with Gasteiger partial charge in [0.1, 0.15) is 0 Å². The van der Waals surface area contributed by atoms with E-state index in [9.17, 15) is 9.59 Å². The zero-order chi connectivity index (χ0) is 16.2. The van der Waals surface area contributed by atoms with E-state index in [1.165, 1.54) is 0 Å². The predicted octanol–water partition coefficient (Wildman–Crippen LogP) is 1.74. The summed E-state index contributed by atoms with van der Waals surface area (Å²) in [4.78, 5) is 25.4. The van der Waals surface area contributed by atoms with Crippen LogP contribution in [0.5, 0.6) is 0 Å². The van der Waals surface area contributed by atoms with Crippen molar-refractivity contribution in [3.8, 4) is 0 Å². The van der Waals surface area contributed by atoms with E-state index in [0.29, 0.717) is 19.6 Å². The van der Waals surface area contributed by atoms with Crippen LogP contribution in [-0.2, 0) is 16.1 Å². The van der Waals surface area contributed by atoms with E-state index in [0.717, 1.165) is 17.7 Å². The topological polar surface area (TPSA) is 67.2 Å². The Balaban J connectivity index is 1.61. The van der Waals surface area contributed by atoms with Gasteiger partial charge in [-0.05, 0) is 30.2 Å². The molecule has 0 saturated carbocycles. The summed E-state index contributed by atoms with van der Waals surface area (Å²) in [6.07, 6.45) is 4.37. The molecule has 1 aromatic heterocycles. The lowest BCUT2D eigenvalue weighted by Crippen LogP contribution is -2.29. The Kier molecular flexibility index (Phi) is 4.41. The summed E-state index contributed by atoms with van der Waals surface area (Å²) < 4.78 is 1.84. The monoisotopic (exact) mass is 312 g/mol. The van der Waals surface area contributed by atoms with Crippen molar-refractivity contribution in [1.29, 1.82) is 0 Å². The van der Waals surface area contributed by atoms with Gasteiger partial charge in [0.15, 0.2) is 0 Å². The molecule has 3 rings (SSSR count).